The highest BCUT2D eigenvalue weighted by Crippen LogP contribution is 2.40. The summed E-state index contributed by atoms with van der Waals surface area (Å²) in [5, 5.41) is 12.7. The van der Waals surface area contributed by atoms with Gasteiger partial charge in [0, 0.05) is 12.0 Å². The van der Waals surface area contributed by atoms with Crippen LogP contribution in [-0.4, -0.2) is 36.2 Å². The fourth-order valence-electron chi connectivity index (χ4n) is 3.89. The van der Waals surface area contributed by atoms with Gasteiger partial charge in [-0.2, -0.15) is 0 Å². The molecule has 1 aliphatic carbocycles. The molecule has 0 spiro atoms. The number of ether oxygens (including phenoxy) is 2. The molecule has 1 saturated carbocycles. The highest BCUT2D eigenvalue weighted by molar-refractivity contribution is 5.98. The zero-order chi connectivity index (χ0) is 22.5. The predicted octanol–water partition coefficient (Wildman–Crippen LogP) is 4.47. The first kappa shape index (κ1) is 22.7. The maximum atomic E-state index is 13.0. The molecule has 0 heterocycles. The van der Waals surface area contributed by atoms with Crippen LogP contribution in [0, 0.1) is 5.41 Å². The lowest BCUT2D eigenvalue weighted by atomic mass is 9.69. The monoisotopic (exact) mass is 425 g/mol. The second kappa shape index (κ2) is 9.41. The van der Waals surface area contributed by atoms with Crippen molar-refractivity contribution in [2.75, 3.05) is 13.7 Å². The molecule has 6 nitrogen and oxygen atoms in total. The molecule has 1 fully saturated rings. The quantitative estimate of drug-likeness (QED) is 0.652. The number of benzene rings is 2. The van der Waals surface area contributed by atoms with Gasteiger partial charge >= 0.3 is 5.97 Å². The molecule has 166 valence electrons. The summed E-state index contributed by atoms with van der Waals surface area (Å²) < 4.78 is 11.3. The summed E-state index contributed by atoms with van der Waals surface area (Å²) in [5.41, 5.74) is 0.352. The molecule has 3 rings (SSSR count). The van der Waals surface area contributed by atoms with Crippen LogP contribution in [0.4, 0.5) is 0 Å². The Morgan fingerprint density at radius 1 is 1.00 bits per heavy atom. The van der Waals surface area contributed by atoms with E-state index < -0.39 is 17.4 Å². The van der Waals surface area contributed by atoms with Crippen molar-refractivity contribution in [2.45, 2.75) is 51.5 Å². The highest BCUT2D eigenvalue weighted by Gasteiger charge is 2.45. The lowest BCUT2D eigenvalue weighted by molar-refractivity contribution is -0.146. The van der Waals surface area contributed by atoms with E-state index in [1.165, 1.54) is 0 Å². The van der Waals surface area contributed by atoms with Crippen molar-refractivity contribution in [2.24, 2.45) is 5.41 Å². The van der Waals surface area contributed by atoms with Crippen molar-refractivity contribution in [1.82, 2.24) is 5.32 Å². The molecule has 1 amide bonds. The van der Waals surface area contributed by atoms with E-state index in [1.807, 2.05) is 30.3 Å². The van der Waals surface area contributed by atoms with Crippen LogP contribution in [0.1, 0.15) is 55.5 Å². The van der Waals surface area contributed by atoms with Gasteiger partial charge in [-0.05, 0) is 54.9 Å². The fraction of sp³-hybridized carbons (Fsp3) is 0.440. The van der Waals surface area contributed by atoms with E-state index in [0.717, 1.165) is 24.8 Å². The van der Waals surface area contributed by atoms with Gasteiger partial charge in [-0.1, -0.05) is 44.2 Å². The van der Waals surface area contributed by atoms with Gasteiger partial charge in [0.05, 0.1) is 13.7 Å². The molecule has 0 aromatic heterocycles. The van der Waals surface area contributed by atoms with E-state index in [1.54, 1.807) is 25.3 Å². The van der Waals surface area contributed by atoms with Gasteiger partial charge in [0.1, 0.15) is 5.54 Å². The molecule has 0 unspecified atom stereocenters. The van der Waals surface area contributed by atoms with Crippen LogP contribution in [0.5, 0.6) is 11.5 Å². The maximum Gasteiger partial charge on any atom is 0.329 e. The number of amides is 1. The molecule has 0 atom stereocenters. The van der Waals surface area contributed by atoms with E-state index in [4.69, 9.17) is 9.47 Å². The molecular weight excluding hydrogens is 394 g/mol. The normalized spacial score (nSPS) is 16.9. The minimum atomic E-state index is -1.24. The minimum absolute atomic E-state index is 0.0869. The van der Waals surface area contributed by atoms with Gasteiger partial charge < -0.3 is 19.9 Å². The van der Waals surface area contributed by atoms with E-state index in [-0.39, 0.29) is 5.41 Å². The van der Waals surface area contributed by atoms with Crippen LogP contribution < -0.4 is 14.8 Å². The van der Waals surface area contributed by atoms with Crippen molar-refractivity contribution in [1.29, 1.82) is 0 Å². The van der Waals surface area contributed by atoms with E-state index >= 15 is 0 Å². The Labute approximate surface area is 183 Å². The standard InChI is InChI=1S/C25H31NO5/c1-24(2)12-14-25(15-13-24,23(28)29)26-22(27)19-9-10-20(30-3)21(17-19)31-16-11-18-7-5-4-6-8-18/h4-10,17H,11-16H2,1-3H3,(H,26,27)(H,28,29). The van der Waals surface area contributed by atoms with E-state index in [9.17, 15) is 14.7 Å². The summed E-state index contributed by atoms with van der Waals surface area (Å²) in [6.07, 6.45) is 3.04. The third-order valence-electron chi connectivity index (χ3n) is 6.14. The summed E-state index contributed by atoms with van der Waals surface area (Å²) in [6.45, 7) is 4.69. The van der Waals surface area contributed by atoms with Crippen molar-refractivity contribution >= 4 is 11.9 Å². The molecule has 2 aromatic carbocycles. The number of aliphatic carboxylic acids is 1. The first-order valence-electron chi connectivity index (χ1n) is 10.7. The molecule has 1 aliphatic rings. The van der Waals surface area contributed by atoms with Crippen LogP contribution in [0.3, 0.4) is 0 Å². The van der Waals surface area contributed by atoms with Crippen molar-refractivity contribution in [3.05, 3.63) is 59.7 Å². The number of carboxylic acids is 1. The Bertz CT molecular complexity index is 913. The summed E-state index contributed by atoms with van der Waals surface area (Å²) >= 11 is 0. The zero-order valence-electron chi connectivity index (χ0n) is 18.4. The first-order chi connectivity index (χ1) is 14.7. The van der Waals surface area contributed by atoms with Crippen LogP contribution in [0.2, 0.25) is 0 Å². The summed E-state index contributed by atoms with van der Waals surface area (Å²) in [4.78, 5) is 25.0. The molecule has 0 radical (unpaired) electrons. The van der Waals surface area contributed by atoms with E-state index in [0.29, 0.717) is 36.5 Å². The number of carboxylic acid groups (broad SMARTS) is 1. The Balaban J connectivity index is 1.71. The number of hydrogen-bond donors (Lipinski definition) is 2. The van der Waals surface area contributed by atoms with Gasteiger partial charge in [-0.3, -0.25) is 4.79 Å². The number of nitrogens with one attached hydrogen (secondary N) is 1. The van der Waals surface area contributed by atoms with Gasteiger partial charge in [0.2, 0.25) is 0 Å². The number of carbonyl (C=O) groups excluding carboxylic acids is 1. The second-order valence-electron chi connectivity index (χ2n) is 8.96. The first-order valence-corrected chi connectivity index (χ1v) is 10.7. The fourth-order valence-corrected chi connectivity index (χ4v) is 3.89. The third kappa shape index (κ3) is 5.57. The third-order valence-corrected chi connectivity index (χ3v) is 6.14. The zero-order valence-corrected chi connectivity index (χ0v) is 18.4. The Kier molecular flexibility index (Phi) is 6.88. The number of carbonyl (C=O) groups is 2. The lowest BCUT2D eigenvalue weighted by Crippen LogP contribution is -2.57. The Morgan fingerprint density at radius 2 is 1.68 bits per heavy atom. The lowest BCUT2D eigenvalue weighted by Gasteiger charge is -2.41. The molecule has 6 heteroatoms. The van der Waals surface area contributed by atoms with Gasteiger partial charge in [0.25, 0.3) is 5.91 Å². The van der Waals surface area contributed by atoms with Crippen LogP contribution in [0.25, 0.3) is 0 Å². The summed E-state index contributed by atoms with van der Waals surface area (Å²) in [7, 11) is 1.54. The van der Waals surface area contributed by atoms with Crippen molar-refractivity contribution in [3.63, 3.8) is 0 Å². The molecular formula is C25H31NO5. The molecule has 0 aliphatic heterocycles. The molecule has 0 saturated heterocycles. The van der Waals surface area contributed by atoms with Crippen molar-refractivity contribution < 1.29 is 24.2 Å². The molecule has 0 bridgehead atoms. The van der Waals surface area contributed by atoms with Gasteiger partial charge in [-0.15, -0.1) is 0 Å². The van der Waals surface area contributed by atoms with Crippen LogP contribution in [-0.2, 0) is 11.2 Å². The number of methoxy groups -OCH3 is 1. The highest BCUT2D eigenvalue weighted by atomic mass is 16.5. The van der Waals surface area contributed by atoms with Crippen LogP contribution >= 0.6 is 0 Å². The SMILES string of the molecule is COc1ccc(C(=O)NC2(C(=O)O)CCC(C)(C)CC2)cc1OCCc1ccccc1. The second-order valence-corrected chi connectivity index (χ2v) is 8.96. The van der Waals surface area contributed by atoms with Gasteiger partial charge in [-0.25, -0.2) is 4.79 Å². The Hall–Kier alpha value is -3.02. The van der Waals surface area contributed by atoms with Crippen LogP contribution in [0.15, 0.2) is 48.5 Å². The average molecular weight is 426 g/mol. The Morgan fingerprint density at radius 3 is 2.29 bits per heavy atom. The minimum Gasteiger partial charge on any atom is -0.493 e. The molecule has 2 N–H and O–H groups in total. The number of hydrogen-bond acceptors (Lipinski definition) is 4. The predicted molar refractivity (Wildman–Crippen MR) is 119 cm³/mol. The molecule has 2 aromatic rings. The van der Waals surface area contributed by atoms with Gasteiger partial charge in [0.15, 0.2) is 11.5 Å². The smallest absolute Gasteiger partial charge is 0.329 e. The largest absolute Gasteiger partial charge is 0.493 e. The van der Waals surface area contributed by atoms with Crippen molar-refractivity contribution in [3.8, 4) is 11.5 Å². The average Bonchev–Trinajstić information content (AvgIpc) is 2.76. The maximum absolute atomic E-state index is 13.0. The number of rotatable bonds is 8. The van der Waals surface area contributed by atoms with E-state index in [2.05, 4.69) is 19.2 Å². The summed E-state index contributed by atoms with van der Waals surface area (Å²) in [6, 6.07) is 14.9. The summed E-state index contributed by atoms with van der Waals surface area (Å²) in [5.74, 6) is -0.418. The molecule has 31 heavy (non-hydrogen) atoms. The topological polar surface area (TPSA) is 84.9 Å².